The average Bonchev–Trinajstić information content (AvgIpc) is 2.41. The lowest BCUT2D eigenvalue weighted by Crippen LogP contribution is -2.13. The predicted molar refractivity (Wildman–Crippen MR) is 73.1 cm³/mol. The van der Waals surface area contributed by atoms with Crippen LogP contribution in [0.15, 0.2) is 30.3 Å². The van der Waals surface area contributed by atoms with Crippen molar-refractivity contribution >= 4 is 40.5 Å². The number of rotatable bonds is 3. The standard InChI is InChI=1S/C11H6Cl2N4O3/c12-9-5-8(10(13)16-15-9)11(18)14-6-2-1-3-7(4-6)17(19)20/h1-5H,(H,14,18). The number of halogens is 2. The number of anilines is 1. The van der Waals surface area contributed by atoms with Crippen LogP contribution in [0.25, 0.3) is 0 Å². The molecule has 1 aromatic carbocycles. The van der Waals surface area contributed by atoms with Gasteiger partial charge in [-0.3, -0.25) is 14.9 Å². The van der Waals surface area contributed by atoms with Gasteiger partial charge in [-0.1, -0.05) is 29.3 Å². The molecule has 7 nitrogen and oxygen atoms in total. The van der Waals surface area contributed by atoms with Gasteiger partial charge in [0.25, 0.3) is 11.6 Å². The predicted octanol–water partition coefficient (Wildman–Crippen LogP) is 2.94. The minimum absolute atomic E-state index is 0.0126. The molecule has 0 aliphatic rings. The van der Waals surface area contributed by atoms with Crippen molar-refractivity contribution in [3.8, 4) is 0 Å². The number of non-ortho nitro benzene ring substituents is 1. The molecule has 0 aliphatic heterocycles. The van der Waals surface area contributed by atoms with Gasteiger partial charge in [0.2, 0.25) is 0 Å². The Hall–Kier alpha value is -2.25. The zero-order chi connectivity index (χ0) is 14.7. The first kappa shape index (κ1) is 14.2. The minimum Gasteiger partial charge on any atom is -0.322 e. The Morgan fingerprint density at radius 3 is 2.70 bits per heavy atom. The zero-order valence-corrected chi connectivity index (χ0v) is 11.2. The Kier molecular flexibility index (Phi) is 4.11. The summed E-state index contributed by atoms with van der Waals surface area (Å²) in [5.74, 6) is -0.590. The van der Waals surface area contributed by atoms with Crippen molar-refractivity contribution in [2.75, 3.05) is 5.32 Å². The van der Waals surface area contributed by atoms with E-state index in [0.717, 1.165) is 0 Å². The SMILES string of the molecule is O=C(Nc1cccc([N+](=O)[O-])c1)c1cc(Cl)nnc1Cl. The summed E-state index contributed by atoms with van der Waals surface area (Å²) >= 11 is 11.4. The van der Waals surface area contributed by atoms with Crippen molar-refractivity contribution in [1.82, 2.24) is 10.2 Å². The van der Waals surface area contributed by atoms with Crippen LogP contribution in [0.3, 0.4) is 0 Å². The van der Waals surface area contributed by atoms with E-state index in [1.807, 2.05) is 0 Å². The van der Waals surface area contributed by atoms with Crippen LogP contribution >= 0.6 is 23.2 Å². The highest BCUT2D eigenvalue weighted by atomic mass is 35.5. The number of amides is 1. The number of hydrogen-bond acceptors (Lipinski definition) is 5. The molecule has 102 valence electrons. The Labute approximate surface area is 122 Å². The molecule has 0 saturated heterocycles. The number of benzene rings is 1. The van der Waals surface area contributed by atoms with Crippen LogP contribution in [-0.4, -0.2) is 21.0 Å². The monoisotopic (exact) mass is 312 g/mol. The molecule has 0 saturated carbocycles. The molecule has 20 heavy (non-hydrogen) atoms. The molecular weight excluding hydrogens is 307 g/mol. The highest BCUT2D eigenvalue weighted by Crippen LogP contribution is 2.20. The summed E-state index contributed by atoms with van der Waals surface area (Å²) in [7, 11) is 0. The lowest BCUT2D eigenvalue weighted by atomic mass is 10.2. The third-order valence-electron chi connectivity index (χ3n) is 2.28. The van der Waals surface area contributed by atoms with Gasteiger partial charge >= 0.3 is 0 Å². The van der Waals surface area contributed by atoms with Gasteiger partial charge < -0.3 is 5.32 Å². The van der Waals surface area contributed by atoms with Crippen molar-refractivity contribution in [1.29, 1.82) is 0 Å². The lowest BCUT2D eigenvalue weighted by Gasteiger charge is -2.06. The largest absolute Gasteiger partial charge is 0.322 e. The molecule has 9 heteroatoms. The molecule has 1 heterocycles. The van der Waals surface area contributed by atoms with E-state index in [-0.39, 0.29) is 27.2 Å². The minimum atomic E-state index is -0.590. The smallest absolute Gasteiger partial charge is 0.271 e. The summed E-state index contributed by atoms with van der Waals surface area (Å²) in [6.07, 6.45) is 0. The van der Waals surface area contributed by atoms with Crippen LogP contribution in [0.1, 0.15) is 10.4 Å². The van der Waals surface area contributed by atoms with Crippen molar-refractivity contribution in [3.63, 3.8) is 0 Å². The molecular formula is C11H6Cl2N4O3. The van der Waals surface area contributed by atoms with Crippen molar-refractivity contribution < 1.29 is 9.72 Å². The fraction of sp³-hybridized carbons (Fsp3) is 0. The Balaban J connectivity index is 2.25. The van der Waals surface area contributed by atoms with Gasteiger partial charge in [-0.25, -0.2) is 0 Å². The molecule has 1 amide bonds. The van der Waals surface area contributed by atoms with E-state index >= 15 is 0 Å². The van der Waals surface area contributed by atoms with Crippen LogP contribution < -0.4 is 5.32 Å². The number of nitrogens with zero attached hydrogens (tertiary/aromatic N) is 3. The molecule has 2 aromatic rings. The molecule has 1 aromatic heterocycles. The highest BCUT2D eigenvalue weighted by molar-refractivity contribution is 6.34. The van der Waals surface area contributed by atoms with E-state index in [4.69, 9.17) is 23.2 Å². The first-order chi connectivity index (χ1) is 9.47. The number of nitrogens with one attached hydrogen (secondary N) is 1. The van der Waals surface area contributed by atoms with Crippen LogP contribution in [-0.2, 0) is 0 Å². The zero-order valence-electron chi connectivity index (χ0n) is 9.71. The summed E-state index contributed by atoms with van der Waals surface area (Å²) in [6.45, 7) is 0. The van der Waals surface area contributed by atoms with Gasteiger partial charge in [0.05, 0.1) is 10.5 Å². The first-order valence-corrected chi connectivity index (χ1v) is 5.97. The Morgan fingerprint density at radius 1 is 1.25 bits per heavy atom. The second-order valence-corrected chi connectivity index (χ2v) is 4.38. The van der Waals surface area contributed by atoms with Crippen LogP contribution in [0.4, 0.5) is 11.4 Å². The van der Waals surface area contributed by atoms with E-state index < -0.39 is 10.8 Å². The van der Waals surface area contributed by atoms with E-state index in [9.17, 15) is 14.9 Å². The molecule has 0 bridgehead atoms. The molecule has 1 N–H and O–H groups in total. The first-order valence-electron chi connectivity index (χ1n) is 5.22. The number of nitro groups is 1. The number of carbonyl (C=O) groups is 1. The lowest BCUT2D eigenvalue weighted by molar-refractivity contribution is -0.384. The maximum absolute atomic E-state index is 12.0. The van der Waals surface area contributed by atoms with Gasteiger partial charge in [-0.15, -0.1) is 10.2 Å². The molecule has 2 rings (SSSR count). The topological polar surface area (TPSA) is 98.0 Å². The molecule has 0 aliphatic carbocycles. The summed E-state index contributed by atoms with van der Waals surface area (Å²) in [6, 6.07) is 6.75. The third kappa shape index (κ3) is 3.19. The number of nitro benzene ring substituents is 1. The van der Waals surface area contributed by atoms with Crippen molar-refractivity contribution in [3.05, 3.63) is 56.3 Å². The highest BCUT2D eigenvalue weighted by Gasteiger charge is 2.14. The van der Waals surface area contributed by atoms with E-state index in [0.29, 0.717) is 0 Å². The van der Waals surface area contributed by atoms with E-state index in [1.165, 1.54) is 30.3 Å². The molecule has 0 atom stereocenters. The van der Waals surface area contributed by atoms with Crippen LogP contribution in [0.2, 0.25) is 10.3 Å². The number of aromatic nitrogens is 2. The van der Waals surface area contributed by atoms with Gasteiger partial charge in [-0.2, -0.15) is 0 Å². The summed E-state index contributed by atoms with van der Waals surface area (Å²) in [5.41, 5.74) is 0.145. The molecule has 0 fully saturated rings. The molecule has 0 unspecified atom stereocenters. The van der Waals surface area contributed by atoms with Gasteiger partial charge in [-0.05, 0) is 12.1 Å². The number of carbonyl (C=O) groups excluding carboxylic acids is 1. The summed E-state index contributed by atoms with van der Waals surface area (Å²) < 4.78 is 0. The van der Waals surface area contributed by atoms with Crippen LogP contribution in [0, 0.1) is 10.1 Å². The van der Waals surface area contributed by atoms with Crippen molar-refractivity contribution in [2.24, 2.45) is 0 Å². The summed E-state index contributed by atoms with van der Waals surface area (Å²) in [4.78, 5) is 22.1. The van der Waals surface area contributed by atoms with Gasteiger partial charge in [0.1, 0.15) is 0 Å². The van der Waals surface area contributed by atoms with Crippen molar-refractivity contribution in [2.45, 2.75) is 0 Å². The second kappa shape index (κ2) is 5.81. The van der Waals surface area contributed by atoms with E-state index in [1.54, 1.807) is 0 Å². The quantitative estimate of drug-likeness (QED) is 0.694. The molecule has 0 spiro atoms. The Morgan fingerprint density at radius 2 is 2.00 bits per heavy atom. The average molecular weight is 313 g/mol. The fourth-order valence-electron chi connectivity index (χ4n) is 1.41. The Bertz CT molecular complexity index is 693. The third-order valence-corrected chi connectivity index (χ3v) is 2.74. The summed E-state index contributed by atoms with van der Waals surface area (Å²) in [5, 5.41) is 20.0. The maximum atomic E-state index is 12.0. The number of hydrogen-bond donors (Lipinski definition) is 1. The van der Waals surface area contributed by atoms with E-state index in [2.05, 4.69) is 15.5 Å². The second-order valence-electron chi connectivity index (χ2n) is 3.63. The molecule has 0 radical (unpaired) electrons. The maximum Gasteiger partial charge on any atom is 0.271 e. The van der Waals surface area contributed by atoms with Gasteiger partial charge in [0, 0.05) is 17.8 Å². The fourth-order valence-corrected chi connectivity index (χ4v) is 1.73. The van der Waals surface area contributed by atoms with Crippen LogP contribution in [0.5, 0.6) is 0 Å². The normalized spacial score (nSPS) is 10.1. The van der Waals surface area contributed by atoms with Gasteiger partial charge in [0.15, 0.2) is 10.3 Å².